The number of imide groups is 1. The van der Waals surface area contributed by atoms with Crippen molar-refractivity contribution in [3.63, 3.8) is 0 Å². The first-order valence-corrected chi connectivity index (χ1v) is 21.2. The van der Waals surface area contributed by atoms with Crippen molar-refractivity contribution in [2.45, 2.75) is 44.9 Å². The van der Waals surface area contributed by atoms with Crippen LogP contribution < -0.4 is 15.4 Å². The van der Waals surface area contributed by atoms with Gasteiger partial charge in [0.1, 0.15) is 23.3 Å². The Morgan fingerprint density at radius 3 is 2.44 bits per heavy atom. The van der Waals surface area contributed by atoms with Crippen molar-refractivity contribution in [3.8, 4) is 28.8 Å². The molecule has 4 amide bonds. The molecule has 4 N–H and O–H groups in total. The third-order valence-corrected chi connectivity index (χ3v) is 11.1. The number of aryl methyl sites for hydroxylation is 1. The van der Waals surface area contributed by atoms with Gasteiger partial charge in [-0.1, -0.05) is 54.1 Å². The van der Waals surface area contributed by atoms with Crippen LogP contribution in [0.4, 0.5) is 4.39 Å². The van der Waals surface area contributed by atoms with Gasteiger partial charge in [0.2, 0.25) is 23.6 Å². The van der Waals surface area contributed by atoms with Gasteiger partial charge in [-0.25, -0.2) is 9.37 Å². The first kappa shape index (κ1) is 44.0. The number of nitrogens with one attached hydrogen (secondary N) is 3. The van der Waals surface area contributed by atoms with Crippen LogP contribution in [-0.4, -0.2) is 106 Å². The van der Waals surface area contributed by atoms with Crippen LogP contribution in [0.25, 0.3) is 28.2 Å². The average molecular weight is 894 g/mol. The maximum atomic E-state index is 13.6. The van der Waals surface area contributed by atoms with Crippen molar-refractivity contribution in [1.82, 2.24) is 35.3 Å². The minimum atomic E-state index is -0.743. The number of nitrogens with zero attached hydrogens (tertiary/aromatic N) is 4. The number of rotatable bonds is 20. The molecule has 8 rings (SSSR count). The summed E-state index contributed by atoms with van der Waals surface area (Å²) in [4.78, 5) is 58.6. The van der Waals surface area contributed by atoms with E-state index in [1.807, 2.05) is 30.3 Å². The van der Waals surface area contributed by atoms with Gasteiger partial charge in [0.15, 0.2) is 6.61 Å². The lowest BCUT2D eigenvalue weighted by Crippen LogP contribution is -2.52. The zero-order valence-electron chi connectivity index (χ0n) is 34.6. The number of benzene rings is 4. The highest BCUT2D eigenvalue weighted by atomic mass is 35.5. The molecule has 16 nitrogen and oxygen atoms in total. The molecule has 2 aliphatic heterocycles. The van der Waals surface area contributed by atoms with Crippen LogP contribution in [-0.2, 0) is 54.6 Å². The normalized spacial score (nSPS) is 14.9. The van der Waals surface area contributed by atoms with Gasteiger partial charge in [-0.15, -0.1) is 0 Å². The van der Waals surface area contributed by atoms with Crippen LogP contribution in [0.5, 0.6) is 11.6 Å². The highest BCUT2D eigenvalue weighted by Crippen LogP contribution is 2.35. The minimum Gasteiger partial charge on any atom is -0.493 e. The number of aromatic nitrogens is 4. The molecule has 0 aliphatic carbocycles. The molecule has 332 valence electrons. The van der Waals surface area contributed by atoms with E-state index >= 15 is 0 Å². The van der Waals surface area contributed by atoms with Gasteiger partial charge >= 0.3 is 0 Å². The zero-order valence-corrected chi connectivity index (χ0v) is 35.4. The number of carbonyl (C=O) groups is 4. The van der Waals surface area contributed by atoms with Gasteiger partial charge in [0.25, 0.3) is 11.8 Å². The maximum absolute atomic E-state index is 13.6. The summed E-state index contributed by atoms with van der Waals surface area (Å²) in [6.07, 6.45) is 1.41. The molecule has 6 aromatic rings. The van der Waals surface area contributed by atoms with Crippen LogP contribution >= 0.6 is 11.6 Å². The average Bonchev–Trinajstić information content (AvgIpc) is 3.97. The minimum absolute atomic E-state index is 0.0508. The molecule has 1 unspecified atom stereocenters. The van der Waals surface area contributed by atoms with Crippen molar-refractivity contribution in [2.24, 2.45) is 0 Å². The number of fused-ring (bicyclic) bond motifs is 2. The molecular formula is C46H45ClFN7O9. The molecule has 4 heterocycles. The first-order chi connectivity index (χ1) is 31.1. The molecule has 1 atom stereocenters. The molecule has 2 aromatic heterocycles. The summed E-state index contributed by atoms with van der Waals surface area (Å²) in [5, 5.41) is 21.8. The fraction of sp³-hybridized carbons (Fsp3) is 0.304. The quantitative estimate of drug-likeness (QED) is 0.0580. The molecule has 1 saturated heterocycles. The third kappa shape index (κ3) is 10.4. The van der Waals surface area contributed by atoms with E-state index < -0.39 is 11.9 Å². The van der Waals surface area contributed by atoms with E-state index in [-0.39, 0.29) is 68.6 Å². The highest BCUT2D eigenvalue weighted by molar-refractivity contribution is 6.31. The predicted octanol–water partition coefficient (Wildman–Crippen LogP) is 5.20. The highest BCUT2D eigenvalue weighted by Gasteiger charge is 2.40. The SMILES string of the molecule is O=C(COc1cccc2c1CN(C1CCC(=O)NC1=O)C2=O)NCCOCCOCCOCc1ccc(-c2nn(-c3nc4cc(Cl)ccc4[nH]3)c(O)c2CCc2ccc(F)cc2)cc1. The number of aromatic hydroxyl groups is 1. The van der Waals surface area contributed by atoms with Crippen molar-refractivity contribution in [2.75, 3.05) is 46.2 Å². The van der Waals surface area contributed by atoms with Crippen LogP contribution in [0.15, 0.2) is 84.9 Å². The van der Waals surface area contributed by atoms with E-state index in [1.165, 1.54) is 21.7 Å². The fourth-order valence-corrected chi connectivity index (χ4v) is 7.74. The lowest BCUT2D eigenvalue weighted by molar-refractivity contribution is -0.137. The lowest BCUT2D eigenvalue weighted by Gasteiger charge is -2.29. The number of carbonyl (C=O) groups excluding carboxylic acids is 4. The third-order valence-electron chi connectivity index (χ3n) is 10.9. The number of imidazole rings is 1. The van der Waals surface area contributed by atoms with E-state index in [0.29, 0.717) is 90.5 Å². The number of hydrogen-bond acceptors (Lipinski definition) is 11. The smallest absolute Gasteiger partial charge is 0.258 e. The fourth-order valence-electron chi connectivity index (χ4n) is 7.58. The van der Waals surface area contributed by atoms with Crippen LogP contribution in [0.1, 0.15) is 45.5 Å². The van der Waals surface area contributed by atoms with Crippen LogP contribution in [0.3, 0.4) is 0 Å². The molecule has 0 bridgehead atoms. The maximum Gasteiger partial charge on any atom is 0.258 e. The molecular weight excluding hydrogens is 849 g/mol. The Kier molecular flexibility index (Phi) is 13.9. The van der Waals surface area contributed by atoms with Gasteiger partial charge < -0.3 is 39.3 Å². The number of amides is 4. The summed E-state index contributed by atoms with van der Waals surface area (Å²) in [5.74, 6) is -1.18. The standard InChI is InChI=1S/C46H45ClFN7O9/c47-31-11-15-36-37(24-31)51-46(50-36)55-45(60)34(14-8-28-6-12-32(48)13-7-28)42(53-55)30-9-4-29(5-10-30)26-63-23-22-62-21-20-61-19-18-49-41(57)27-64-39-3-1-2-33-35(39)25-54(44(33)59)38-16-17-40(56)52-43(38)58/h1-7,9-13,15,24,38,60H,8,14,16-23,25-27H2,(H,49,57)(H,50,51)(H,52,56,58). The molecule has 0 saturated carbocycles. The summed E-state index contributed by atoms with van der Waals surface area (Å²) in [7, 11) is 0. The van der Waals surface area contributed by atoms with Gasteiger partial charge in [0.05, 0.1) is 57.2 Å². The first-order valence-electron chi connectivity index (χ1n) is 20.8. The summed E-state index contributed by atoms with van der Waals surface area (Å²) in [6.45, 7) is 2.14. The Balaban J connectivity index is 0.732. The van der Waals surface area contributed by atoms with E-state index in [1.54, 1.807) is 42.5 Å². The van der Waals surface area contributed by atoms with Crippen molar-refractivity contribution in [1.29, 1.82) is 0 Å². The largest absolute Gasteiger partial charge is 0.493 e. The Hall–Kier alpha value is -6.66. The summed E-state index contributed by atoms with van der Waals surface area (Å²) in [5.41, 5.74) is 6.23. The van der Waals surface area contributed by atoms with Crippen LogP contribution in [0, 0.1) is 5.82 Å². The second kappa shape index (κ2) is 20.2. The molecule has 2 aliphatic rings. The number of hydrogen-bond donors (Lipinski definition) is 4. The Morgan fingerprint density at radius 1 is 0.906 bits per heavy atom. The molecule has 1 fully saturated rings. The number of H-pyrrole nitrogens is 1. The Morgan fingerprint density at radius 2 is 1.66 bits per heavy atom. The van der Waals surface area contributed by atoms with Crippen molar-refractivity contribution in [3.05, 3.63) is 124 Å². The second-order valence-corrected chi connectivity index (χ2v) is 15.6. The van der Waals surface area contributed by atoms with E-state index in [2.05, 4.69) is 20.6 Å². The van der Waals surface area contributed by atoms with Crippen molar-refractivity contribution >= 4 is 46.3 Å². The Labute approximate surface area is 371 Å². The number of aromatic amines is 1. The lowest BCUT2D eigenvalue weighted by atomic mass is 10.0. The zero-order chi connectivity index (χ0) is 44.6. The summed E-state index contributed by atoms with van der Waals surface area (Å²) >= 11 is 6.18. The monoisotopic (exact) mass is 893 g/mol. The van der Waals surface area contributed by atoms with Gasteiger partial charge in [0, 0.05) is 40.2 Å². The molecule has 64 heavy (non-hydrogen) atoms. The number of ether oxygens (including phenoxy) is 4. The predicted molar refractivity (Wildman–Crippen MR) is 231 cm³/mol. The Bertz CT molecular complexity index is 2650. The second-order valence-electron chi connectivity index (χ2n) is 15.2. The van der Waals surface area contributed by atoms with E-state index in [4.69, 9.17) is 35.6 Å². The molecule has 4 aromatic carbocycles. The summed E-state index contributed by atoms with van der Waals surface area (Å²) in [6, 6.07) is 23.5. The molecule has 0 radical (unpaired) electrons. The van der Waals surface area contributed by atoms with E-state index in [9.17, 15) is 28.7 Å². The van der Waals surface area contributed by atoms with Crippen LogP contribution in [0.2, 0.25) is 5.02 Å². The van der Waals surface area contributed by atoms with Gasteiger partial charge in [-0.05, 0) is 72.9 Å². The summed E-state index contributed by atoms with van der Waals surface area (Å²) < 4.78 is 37.7. The van der Waals surface area contributed by atoms with Crippen molar-refractivity contribution < 1.29 is 47.6 Å². The number of halogens is 2. The van der Waals surface area contributed by atoms with Gasteiger partial charge in [-0.2, -0.15) is 9.78 Å². The molecule has 18 heteroatoms. The van der Waals surface area contributed by atoms with E-state index in [0.717, 1.165) is 22.2 Å². The number of piperidine rings is 1. The molecule has 0 spiro atoms. The topological polar surface area (TPSA) is 199 Å². The van der Waals surface area contributed by atoms with Gasteiger partial charge in [-0.3, -0.25) is 24.5 Å².